The van der Waals surface area contributed by atoms with Crippen molar-refractivity contribution in [1.29, 1.82) is 0 Å². The van der Waals surface area contributed by atoms with E-state index in [1.807, 2.05) is 73.0 Å². The number of benzene rings is 3. The van der Waals surface area contributed by atoms with Crippen LogP contribution in [0.5, 0.6) is 0 Å². The van der Waals surface area contributed by atoms with Crippen LogP contribution in [0, 0.1) is 6.92 Å². The number of imidazole rings is 1. The molecule has 0 saturated carbocycles. The summed E-state index contributed by atoms with van der Waals surface area (Å²) < 4.78 is 7.02. The van der Waals surface area contributed by atoms with Gasteiger partial charge in [0.1, 0.15) is 0 Å². The number of H-pyrrole nitrogens is 1. The predicted molar refractivity (Wildman–Crippen MR) is 130 cm³/mol. The lowest BCUT2D eigenvalue weighted by atomic mass is 9.99. The number of aryl methyl sites for hydroxylation is 1. The summed E-state index contributed by atoms with van der Waals surface area (Å²) in [7, 11) is 1.38. The minimum Gasteiger partial charge on any atom is -0.465 e. The zero-order valence-corrected chi connectivity index (χ0v) is 19.0. The van der Waals surface area contributed by atoms with Gasteiger partial charge >= 0.3 is 5.97 Å². The van der Waals surface area contributed by atoms with Gasteiger partial charge in [0.05, 0.1) is 23.7 Å². The molecule has 0 atom stereocenters. The number of hydrogen-bond donors (Lipinski definition) is 2. The molecule has 5 rings (SSSR count). The molecule has 34 heavy (non-hydrogen) atoms. The molecule has 0 fully saturated rings. The topological polar surface area (TPSA) is 111 Å². The van der Waals surface area contributed by atoms with Crippen LogP contribution < -0.4 is 5.32 Å². The fourth-order valence-electron chi connectivity index (χ4n) is 4.11. The Kier molecular flexibility index (Phi) is 5.51. The Hall–Kier alpha value is -4.53. The molecule has 0 spiro atoms. The highest BCUT2D eigenvalue weighted by atomic mass is 16.5. The summed E-state index contributed by atoms with van der Waals surface area (Å²) in [5.41, 5.74) is 6.65. The lowest BCUT2D eigenvalue weighted by Gasteiger charge is -2.13. The molecule has 5 aromatic rings. The molecule has 2 N–H and O–H groups in total. The first-order valence-corrected chi connectivity index (χ1v) is 10.9. The van der Waals surface area contributed by atoms with Gasteiger partial charge in [-0.25, -0.2) is 9.78 Å². The number of aromatic nitrogens is 6. The van der Waals surface area contributed by atoms with E-state index in [9.17, 15) is 4.79 Å². The third-order valence-corrected chi connectivity index (χ3v) is 5.70. The van der Waals surface area contributed by atoms with Crippen molar-refractivity contribution in [1.82, 2.24) is 30.2 Å². The van der Waals surface area contributed by atoms with E-state index in [4.69, 9.17) is 9.72 Å². The molecule has 9 nitrogen and oxygen atoms in total. The number of rotatable bonds is 6. The molecule has 0 aliphatic carbocycles. The summed E-state index contributed by atoms with van der Waals surface area (Å²) >= 11 is 0. The fourth-order valence-corrected chi connectivity index (χ4v) is 4.11. The minimum atomic E-state index is -0.403. The number of carbonyl (C=O) groups is 1. The van der Waals surface area contributed by atoms with Gasteiger partial charge in [0.15, 0.2) is 0 Å². The van der Waals surface area contributed by atoms with Gasteiger partial charge in [-0.15, -0.1) is 10.2 Å². The SMILES string of the molecule is CCNc1nc2c(C)ccc(C(=O)OC)c2n1-c1ccc(-c2ccccc2-c2nn[nH]n2)cc1. The van der Waals surface area contributed by atoms with Gasteiger partial charge in [0, 0.05) is 17.8 Å². The Balaban J connectivity index is 1.67. The Bertz CT molecular complexity index is 1470. The number of aromatic amines is 1. The molecule has 0 aliphatic rings. The number of anilines is 1. The minimum absolute atomic E-state index is 0.403. The number of esters is 1. The number of methoxy groups -OCH3 is 1. The third kappa shape index (κ3) is 3.57. The molecule has 0 radical (unpaired) electrons. The number of nitrogens with zero attached hydrogens (tertiary/aromatic N) is 5. The molecule has 2 heterocycles. The van der Waals surface area contributed by atoms with E-state index in [0.717, 1.165) is 33.5 Å². The van der Waals surface area contributed by atoms with E-state index in [1.54, 1.807) is 6.07 Å². The highest BCUT2D eigenvalue weighted by Crippen LogP contribution is 2.33. The Morgan fingerprint density at radius 3 is 2.50 bits per heavy atom. The van der Waals surface area contributed by atoms with Gasteiger partial charge in [-0.05, 0) is 54.0 Å². The van der Waals surface area contributed by atoms with Crippen molar-refractivity contribution in [2.45, 2.75) is 13.8 Å². The summed E-state index contributed by atoms with van der Waals surface area (Å²) in [4.78, 5) is 17.4. The molecule has 0 amide bonds. The van der Waals surface area contributed by atoms with E-state index in [2.05, 4.69) is 25.9 Å². The van der Waals surface area contributed by atoms with Crippen LogP contribution >= 0.6 is 0 Å². The summed E-state index contributed by atoms with van der Waals surface area (Å²) in [5, 5.41) is 17.8. The zero-order valence-electron chi connectivity index (χ0n) is 19.0. The number of tetrazole rings is 1. The van der Waals surface area contributed by atoms with Crippen LogP contribution in [0.25, 0.3) is 39.2 Å². The maximum absolute atomic E-state index is 12.6. The van der Waals surface area contributed by atoms with E-state index in [1.165, 1.54) is 7.11 Å². The van der Waals surface area contributed by atoms with Gasteiger partial charge in [0.2, 0.25) is 11.8 Å². The monoisotopic (exact) mass is 453 g/mol. The van der Waals surface area contributed by atoms with Crippen molar-refractivity contribution in [3.8, 4) is 28.2 Å². The summed E-state index contributed by atoms with van der Waals surface area (Å²) in [6, 6.07) is 19.7. The van der Waals surface area contributed by atoms with Crippen LogP contribution in [-0.4, -0.2) is 49.8 Å². The second kappa shape index (κ2) is 8.78. The number of hydrogen-bond acceptors (Lipinski definition) is 7. The largest absolute Gasteiger partial charge is 0.465 e. The fraction of sp³-hybridized carbons (Fsp3) is 0.160. The second-order valence-corrected chi connectivity index (χ2v) is 7.75. The van der Waals surface area contributed by atoms with E-state index < -0.39 is 5.97 Å². The number of ether oxygens (including phenoxy) is 1. The lowest BCUT2D eigenvalue weighted by molar-refractivity contribution is 0.0602. The summed E-state index contributed by atoms with van der Waals surface area (Å²) in [6.45, 7) is 4.68. The van der Waals surface area contributed by atoms with Crippen molar-refractivity contribution < 1.29 is 9.53 Å². The first-order chi connectivity index (χ1) is 16.6. The van der Waals surface area contributed by atoms with E-state index >= 15 is 0 Å². The molecule has 0 bridgehead atoms. The molecular weight excluding hydrogens is 430 g/mol. The van der Waals surface area contributed by atoms with E-state index in [-0.39, 0.29) is 0 Å². The summed E-state index contributed by atoms with van der Waals surface area (Å²) in [6.07, 6.45) is 0. The van der Waals surface area contributed by atoms with Crippen LogP contribution in [0.2, 0.25) is 0 Å². The van der Waals surface area contributed by atoms with Crippen molar-refractivity contribution in [2.75, 3.05) is 19.0 Å². The average Bonchev–Trinajstić information content (AvgIpc) is 3.53. The maximum atomic E-state index is 12.6. The highest BCUT2D eigenvalue weighted by Gasteiger charge is 2.21. The van der Waals surface area contributed by atoms with E-state index in [0.29, 0.717) is 29.4 Å². The lowest BCUT2D eigenvalue weighted by Crippen LogP contribution is -2.08. The first kappa shape index (κ1) is 21.3. The van der Waals surface area contributed by atoms with Crippen molar-refractivity contribution in [3.63, 3.8) is 0 Å². The zero-order chi connectivity index (χ0) is 23.7. The smallest absolute Gasteiger partial charge is 0.340 e. The van der Waals surface area contributed by atoms with Crippen molar-refractivity contribution >= 4 is 23.0 Å². The quantitative estimate of drug-likeness (QED) is 0.367. The molecule has 2 aromatic heterocycles. The standard InChI is InChI=1S/C25H23N7O2/c1-4-26-25-27-21-15(2)9-14-20(24(33)34-3)22(21)32(25)17-12-10-16(11-13-17)18-7-5-6-8-19(18)23-28-30-31-29-23/h5-14H,4H2,1-3H3,(H,26,27)(H,28,29,30,31). The Labute approximate surface area is 195 Å². The molecular formula is C25H23N7O2. The normalized spacial score (nSPS) is 11.0. The van der Waals surface area contributed by atoms with Crippen LogP contribution in [0.4, 0.5) is 5.95 Å². The van der Waals surface area contributed by atoms with Crippen molar-refractivity contribution in [3.05, 3.63) is 71.8 Å². The number of nitrogens with one attached hydrogen (secondary N) is 2. The first-order valence-electron chi connectivity index (χ1n) is 10.9. The van der Waals surface area contributed by atoms with Gasteiger partial charge in [-0.1, -0.05) is 42.5 Å². The Morgan fingerprint density at radius 2 is 1.82 bits per heavy atom. The highest BCUT2D eigenvalue weighted by molar-refractivity contribution is 6.04. The van der Waals surface area contributed by atoms with Crippen LogP contribution in [0.3, 0.4) is 0 Å². The second-order valence-electron chi connectivity index (χ2n) is 7.75. The third-order valence-electron chi connectivity index (χ3n) is 5.70. The average molecular weight is 454 g/mol. The van der Waals surface area contributed by atoms with Crippen molar-refractivity contribution in [2.24, 2.45) is 0 Å². The predicted octanol–water partition coefficient (Wildman–Crippen LogP) is 4.40. The van der Waals surface area contributed by atoms with Crippen LogP contribution in [0.15, 0.2) is 60.7 Å². The molecule has 0 saturated heterocycles. The summed E-state index contributed by atoms with van der Waals surface area (Å²) in [5.74, 6) is 0.796. The molecule has 0 unspecified atom stereocenters. The van der Waals surface area contributed by atoms with Crippen LogP contribution in [-0.2, 0) is 4.74 Å². The number of carbonyl (C=O) groups excluding carboxylic acids is 1. The van der Waals surface area contributed by atoms with Gasteiger partial charge in [0.25, 0.3) is 0 Å². The molecule has 3 aromatic carbocycles. The van der Waals surface area contributed by atoms with Gasteiger partial charge in [-0.3, -0.25) is 4.57 Å². The maximum Gasteiger partial charge on any atom is 0.340 e. The number of fused-ring (bicyclic) bond motifs is 1. The molecule has 9 heteroatoms. The molecule has 170 valence electrons. The van der Waals surface area contributed by atoms with Gasteiger partial charge in [-0.2, -0.15) is 5.21 Å². The molecule has 0 aliphatic heterocycles. The Morgan fingerprint density at radius 1 is 1.06 bits per heavy atom. The van der Waals surface area contributed by atoms with Crippen LogP contribution in [0.1, 0.15) is 22.8 Å². The van der Waals surface area contributed by atoms with Gasteiger partial charge < -0.3 is 10.1 Å².